The van der Waals surface area contributed by atoms with Gasteiger partial charge in [-0.15, -0.1) is 12.4 Å². The Morgan fingerprint density at radius 2 is 2.05 bits per heavy atom. The quantitative estimate of drug-likeness (QED) is 0.877. The number of para-hydroxylation sites is 1. The van der Waals surface area contributed by atoms with Crippen molar-refractivity contribution < 1.29 is 9.50 Å². The summed E-state index contributed by atoms with van der Waals surface area (Å²) in [6.45, 7) is 5.96. The molecule has 0 saturated carbocycles. The first kappa shape index (κ1) is 17.2. The third-order valence-corrected chi connectivity index (χ3v) is 3.80. The Balaban J connectivity index is 0.00000200. The van der Waals surface area contributed by atoms with Gasteiger partial charge < -0.3 is 10.4 Å². The number of unbranched alkanes of at least 4 members (excludes halogenated alkanes) is 1. The summed E-state index contributed by atoms with van der Waals surface area (Å²) in [6.07, 6.45) is 3.16. The molecular formula is C15H24ClFN2O. The molecule has 2 N–H and O–H groups in total. The smallest absolute Gasteiger partial charge is 0.165 e. The van der Waals surface area contributed by atoms with Crippen molar-refractivity contribution in [2.45, 2.75) is 32.2 Å². The van der Waals surface area contributed by atoms with Crippen molar-refractivity contribution in [3.8, 4) is 5.75 Å². The van der Waals surface area contributed by atoms with E-state index < -0.39 is 5.82 Å². The first-order valence-corrected chi connectivity index (χ1v) is 7.16. The molecule has 3 nitrogen and oxygen atoms in total. The maximum Gasteiger partial charge on any atom is 0.165 e. The monoisotopic (exact) mass is 302 g/mol. The molecular weight excluding hydrogens is 279 g/mol. The molecule has 1 heterocycles. The minimum absolute atomic E-state index is 0. The molecule has 1 aliphatic heterocycles. The van der Waals surface area contributed by atoms with E-state index in [9.17, 15) is 9.50 Å². The van der Waals surface area contributed by atoms with Gasteiger partial charge >= 0.3 is 0 Å². The van der Waals surface area contributed by atoms with Crippen LogP contribution in [0.4, 0.5) is 4.39 Å². The molecule has 1 saturated heterocycles. The Hall–Kier alpha value is -0.840. The van der Waals surface area contributed by atoms with Crippen molar-refractivity contribution in [3.63, 3.8) is 0 Å². The predicted molar refractivity (Wildman–Crippen MR) is 82.0 cm³/mol. The molecule has 1 atom stereocenters. The van der Waals surface area contributed by atoms with E-state index in [0.717, 1.165) is 51.0 Å². The molecule has 0 aliphatic carbocycles. The highest BCUT2D eigenvalue weighted by molar-refractivity contribution is 5.85. The molecule has 1 aromatic carbocycles. The Morgan fingerprint density at radius 3 is 2.70 bits per heavy atom. The number of aromatic hydroxyl groups is 1. The standard InChI is InChI=1S/C15H23FN2O.ClH/c1-2-3-7-14(18-10-8-17-9-11-18)12-5-4-6-13(16)15(12)19;/h4-6,14,17,19H,2-3,7-11H2,1H3;1H/t14-;/m1./s1. The van der Waals surface area contributed by atoms with Crippen LogP contribution in [0.3, 0.4) is 0 Å². The van der Waals surface area contributed by atoms with Crippen LogP contribution in [0.5, 0.6) is 5.75 Å². The van der Waals surface area contributed by atoms with Gasteiger partial charge in [0, 0.05) is 37.8 Å². The summed E-state index contributed by atoms with van der Waals surface area (Å²) in [7, 11) is 0. The number of rotatable bonds is 5. The maximum atomic E-state index is 13.5. The van der Waals surface area contributed by atoms with Gasteiger partial charge in [-0.2, -0.15) is 0 Å². The van der Waals surface area contributed by atoms with Gasteiger partial charge in [-0.1, -0.05) is 31.9 Å². The molecule has 1 aliphatic rings. The molecule has 20 heavy (non-hydrogen) atoms. The summed E-state index contributed by atoms with van der Waals surface area (Å²) in [4.78, 5) is 2.35. The van der Waals surface area contributed by atoms with E-state index >= 15 is 0 Å². The van der Waals surface area contributed by atoms with Crippen LogP contribution in [-0.4, -0.2) is 36.2 Å². The number of piperazine rings is 1. The Labute approximate surface area is 126 Å². The van der Waals surface area contributed by atoms with Crippen LogP contribution in [0.1, 0.15) is 37.8 Å². The van der Waals surface area contributed by atoms with Gasteiger partial charge in [-0.3, -0.25) is 4.90 Å². The van der Waals surface area contributed by atoms with E-state index in [1.165, 1.54) is 6.07 Å². The molecule has 1 fully saturated rings. The van der Waals surface area contributed by atoms with Crippen LogP contribution < -0.4 is 5.32 Å². The summed E-state index contributed by atoms with van der Waals surface area (Å²) in [6, 6.07) is 4.97. The largest absolute Gasteiger partial charge is 0.505 e. The number of hydrogen-bond donors (Lipinski definition) is 2. The zero-order valence-corrected chi connectivity index (χ0v) is 12.8. The summed E-state index contributed by atoms with van der Waals surface area (Å²) < 4.78 is 13.5. The summed E-state index contributed by atoms with van der Waals surface area (Å²) >= 11 is 0. The number of benzene rings is 1. The number of phenolic OH excluding ortho intramolecular Hbond substituents is 1. The zero-order valence-electron chi connectivity index (χ0n) is 11.9. The molecule has 2 rings (SSSR count). The second kappa shape index (κ2) is 8.45. The Morgan fingerprint density at radius 1 is 1.35 bits per heavy atom. The van der Waals surface area contributed by atoms with E-state index in [1.807, 2.05) is 6.07 Å². The Bertz CT molecular complexity index is 411. The van der Waals surface area contributed by atoms with Crippen LogP contribution in [0.2, 0.25) is 0 Å². The van der Waals surface area contributed by atoms with E-state index in [2.05, 4.69) is 17.1 Å². The number of halogens is 2. The molecule has 1 aromatic rings. The van der Waals surface area contributed by atoms with Crippen molar-refractivity contribution in [1.29, 1.82) is 0 Å². The maximum absolute atomic E-state index is 13.5. The zero-order chi connectivity index (χ0) is 13.7. The SMILES string of the molecule is CCCC[C@H](c1cccc(F)c1O)N1CCNCC1.Cl. The highest BCUT2D eigenvalue weighted by Gasteiger charge is 2.24. The molecule has 0 unspecified atom stereocenters. The van der Waals surface area contributed by atoms with E-state index in [0.29, 0.717) is 0 Å². The Kier molecular flexibility index (Phi) is 7.27. The molecule has 0 amide bonds. The second-order valence-electron chi connectivity index (χ2n) is 5.12. The van der Waals surface area contributed by atoms with Gasteiger partial charge in [0.15, 0.2) is 11.6 Å². The van der Waals surface area contributed by atoms with Gasteiger partial charge in [0.1, 0.15) is 0 Å². The van der Waals surface area contributed by atoms with Crippen molar-refractivity contribution in [1.82, 2.24) is 10.2 Å². The lowest BCUT2D eigenvalue weighted by molar-refractivity contribution is 0.160. The lowest BCUT2D eigenvalue weighted by Gasteiger charge is -2.35. The van der Waals surface area contributed by atoms with E-state index in [1.54, 1.807) is 6.07 Å². The number of hydrogen-bond acceptors (Lipinski definition) is 3. The minimum atomic E-state index is -0.519. The molecule has 114 valence electrons. The highest BCUT2D eigenvalue weighted by Crippen LogP contribution is 2.34. The number of nitrogens with one attached hydrogen (secondary N) is 1. The third-order valence-electron chi connectivity index (χ3n) is 3.80. The van der Waals surface area contributed by atoms with Gasteiger partial charge in [0.25, 0.3) is 0 Å². The fraction of sp³-hybridized carbons (Fsp3) is 0.600. The van der Waals surface area contributed by atoms with Crippen LogP contribution in [0, 0.1) is 5.82 Å². The molecule has 0 spiro atoms. The number of nitrogens with zero attached hydrogens (tertiary/aromatic N) is 1. The molecule has 0 bridgehead atoms. The van der Waals surface area contributed by atoms with Crippen LogP contribution in [0.25, 0.3) is 0 Å². The molecule has 0 aromatic heterocycles. The second-order valence-corrected chi connectivity index (χ2v) is 5.12. The van der Waals surface area contributed by atoms with Crippen molar-refractivity contribution in [3.05, 3.63) is 29.6 Å². The van der Waals surface area contributed by atoms with Gasteiger partial charge in [0.05, 0.1) is 0 Å². The minimum Gasteiger partial charge on any atom is -0.505 e. The lowest BCUT2D eigenvalue weighted by Crippen LogP contribution is -2.45. The third kappa shape index (κ3) is 4.08. The average Bonchev–Trinajstić information content (AvgIpc) is 2.45. The highest BCUT2D eigenvalue weighted by atomic mass is 35.5. The van der Waals surface area contributed by atoms with Crippen LogP contribution in [0.15, 0.2) is 18.2 Å². The summed E-state index contributed by atoms with van der Waals surface area (Å²) in [5, 5.41) is 13.3. The fourth-order valence-corrected chi connectivity index (χ4v) is 2.73. The van der Waals surface area contributed by atoms with Crippen molar-refractivity contribution in [2.24, 2.45) is 0 Å². The van der Waals surface area contributed by atoms with E-state index in [-0.39, 0.29) is 24.2 Å². The topological polar surface area (TPSA) is 35.5 Å². The summed E-state index contributed by atoms with van der Waals surface area (Å²) in [5.41, 5.74) is 0.732. The number of phenols is 1. The van der Waals surface area contributed by atoms with Gasteiger partial charge in [0.2, 0.25) is 0 Å². The lowest BCUT2D eigenvalue weighted by atomic mass is 9.97. The van der Waals surface area contributed by atoms with Crippen LogP contribution in [-0.2, 0) is 0 Å². The van der Waals surface area contributed by atoms with Crippen molar-refractivity contribution >= 4 is 12.4 Å². The van der Waals surface area contributed by atoms with Gasteiger partial charge in [-0.25, -0.2) is 4.39 Å². The first-order chi connectivity index (χ1) is 9.24. The summed E-state index contributed by atoms with van der Waals surface area (Å²) in [5.74, 6) is -0.698. The fourth-order valence-electron chi connectivity index (χ4n) is 2.73. The van der Waals surface area contributed by atoms with Crippen LogP contribution >= 0.6 is 12.4 Å². The van der Waals surface area contributed by atoms with Gasteiger partial charge in [-0.05, 0) is 12.5 Å². The predicted octanol–water partition coefficient (Wildman–Crippen LogP) is 3.09. The van der Waals surface area contributed by atoms with Crippen molar-refractivity contribution in [2.75, 3.05) is 26.2 Å². The van der Waals surface area contributed by atoms with E-state index in [4.69, 9.17) is 0 Å². The first-order valence-electron chi connectivity index (χ1n) is 7.16. The normalized spacial score (nSPS) is 17.5. The average molecular weight is 303 g/mol. The molecule has 0 radical (unpaired) electrons. The molecule has 5 heteroatoms.